The van der Waals surface area contributed by atoms with Crippen LogP contribution in [-0.2, 0) is 9.53 Å². The fourth-order valence-electron chi connectivity index (χ4n) is 5.40. The molecule has 0 radical (unpaired) electrons. The molecule has 3 aromatic carbocycles. The Morgan fingerprint density at radius 2 is 1.89 bits per heavy atom. The summed E-state index contributed by atoms with van der Waals surface area (Å²) in [5.74, 6) is -3.28. The zero-order chi connectivity index (χ0) is 31.6. The van der Waals surface area contributed by atoms with Crippen LogP contribution in [0.25, 0.3) is 16.6 Å². The topological polar surface area (TPSA) is 113 Å². The second-order valence-corrected chi connectivity index (χ2v) is 11.4. The molecular weight excluding hydrogens is 586 g/mol. The van der Waals surface area contributed by atoms with Crippen LogP contribution in [0.1, 0.15) is 42.3 Å². The van der Waals surface area contributed by atoms with Gasteiger partial charge in [-0.1, -0.05) is 12.1 Å². The van der Waals surface area contributed by atoms with Gasteiger partial charge >= 0.3 is 5.92 Å². The lowest BCUT2D eigenvalue weighted by Crippen LogP contribution is -2.46. The fourth-order valence-corrected chi connectivity index (χ4v) is 5.40. The Bertz CT molecular complexity index is 1700. The number of carbonyl (C=O) groups excluding carboxylic acids is 2. The van der Waals surface area contributed by atoms with Gasteiger partial charge in [-0.15, -0.1) is 0 Å². The summed E-state index contributed by atoms with van der Waals surface area (Å²) in [5, 5.41) is 10.7. The van der Waals surface area contributed by atoms with Gasteiger partial charge in [0.15, 0.2) is 11.5 Å². The summed E-state index contributed by atoms with van der Waals surface area (Å²) in [6.07, 6.45) is 1.77. The molecule has 236 valence electrons. The summed E-state index contributed by atoms with van der Waals surface area (Å²) < 4.78 is 52.3. The molecule has 1 fully saturated rings. The first-order valence-electron chi connectivity index (χ1n) is 14.8. The molecule has 2 N–H and O–H groups in total. The van der Waals surface area contributed by atoms with Gasteiger partial charge in [-0.3, -0.25) is 9.59 Å². The third kappa shape index (κ3) is 6.85. The maximum Gasteiger partial charge on any atom is 0.321 e. The third-order valence-electron chi connectivity index (χ3n) is 7.84. The number of hydrogen-bond donors (Lipinski definition) is 2. The minimum absolute atomic E-state index is 0.164. The monoisotopic (exact) mass is 620 g/mol. The van der Waals surface area contributed by atoms with E-state index >= 15 is 0 Å². The first-order chi connectivity index (χ1) is 21.7. The van der Waals surface area contributed by atoms with Crippen LogP contribution in [0.15, 0.2) is 66.9 Å². The van der Waals surface area contributed by atoms with E-state index in [-0.39, 0.29) is 5.91 Å². The van der Waals surface area contributed by atoms with Gasteiger partial charge in [0, 0.05) is 36.9 Å². The van der Waals surface area contributed by atoms with Crippen LogP contribution in [-0.4, -0.2) is 66.5 Å². The van der Waals surface area contributed by atoms with Crippen molar-refractivity contribution >= 4 is 22.7 Å². The van der Waals surface area contributed by atoms with E-state index in [9.17, 15) is 18.4 Å². The number of fused-ring (bicyclic) bond motifs is 2. The highest BCUT2D eigenvalue weighted by Crippen LogP contribution is 2.36. The Morgan fingerprint density at radius 3 is 2.67 bits per heavy atom. The van der Waals surface area contributed by atoms with E-state index in [1.807, 2.05) is 12.1 Å². The maximum atomic E-state index is 13.8. The van der Waals surface area contributed by atoms with Crippen molar-refractivity contribution in [2.24, 2.45) is 5.92 Å². The smallest absolute Gasteiger partial charge is 0.321 e. The van der Waals surface area contributed by atoms with Gasteiger partial charge in [0.2, 0.25) is 0 Å². The highest BCUT2D eigenvalue weighted by Gasteiger charge is 2.35. The van der Waals surface area contributed by atoms with Crippen molar-refractivity contribution < 1.29 is 37.3 Å². The van der Waals surface area contributed by atoms with Crippen molar-refractivity contribution in [3.63, 3.8) is 0 Å². The lowest BCUT2D eigenvalue weighted by molar-refractivity contribution is -0.144. The number of rotatable bonds is 10. The van der Waals surface area contributed by atoms with Gasteiger partial charge < -0.3 is 29.6 Å². The highest BCUT2D eigenvalue weighted by molar-refractivity contribution is 5.95. The van der Waals surface area contributed by atoms with E-state index in [1.54, 1.807) is 66.3 Å². The molecular formula is C33H34F2N4O6. The zero-order valence-electron chi connectivity index (χ0n) is 24.9. The van der Waals surface area contributed by atoms with Crippen molar-refractivity contribution in [1.82, 2.24) is 20.4 Å². The van der Waals surface area contributed by atoms with E-state index in [0.717, 1.165) is 23.9 Å². The molecule has 3 atom stereocenters. The molecule has 0 bridgehead atoms. The second-order valence-electron chi connectivity index (χ2n) is 11.4. The molecule has 2 aliphatic rings. The predicted molar refractivity (Wildman–Crippen MR) is 161 cm³/mol. The number of nitrogens with zero attached hydrogens (tertiary/aromatic N) is 2. The van der Waals surface area contributed by atoms with Gasteiger partial charge in [-0.25, -0.2) is 4.68 Å². The summed E-state index contributed by atoms with van der Waals surface area (Å²) in [6, 6.07) is 17.0. The summed E-state index contributed by atoms with van der Waals surface area (Å²) in [6.45, 7) is 4.90. The SMILES string of the molecule is C[C@H](NC(=O)C(C)(F)F)[C@H](Oc1ccc2c(cnn2-c2cccc(C(=O)NCC3CCOC3)c2)c1)c1ccc2c(c1)OCCO2. The van der Waals surface area contributed by atoms with Gasteiger partial charge in [0.1, 0.15) is 25.1 Å². The van der Waals surface area contributed by atoms with Crippen LogP contribution in [0, 0.1) is 5.92 Å². The van der Waals surface area contributed by atoms with Gasteiger partial charge in [-0.2, -0.15) is 13.9 Å². The first kappa shape index (κ1) is 30.3. The van der Waals surface area contributed by atoms with E-state index in [1.165, 1.54) is 0 Å². The number of halogens is 2. The summed E-state index contributed by atoms with van der Waals surface area (Å²) in [7, 11) is 0. The first-order valence-corrected chi connectivity index (χ1v) is 14.8. The summed E-state index contributed by atoms with van der Waals surface area (Å²) >= 11 is 0. The second kappa shape index (κ2) is 12.7. The summed E-state index contributed by atoms with van der Waals surface area (Å²) in [5.41, 5.74) is 2.61. The average Bonchev–Trinajstić information content (AvgIpc) is 3.72. The molecule has 0 spiro atoms. The Hall–Kier alpha value is -4.71. The van der Waals surface area contributed by atoms with E-state index in [4.69, 9.17) is 18.9 Å². The lowest BCUT2D eigenvalue weighted by atomic mass is 10.0. The largest absolute Gasteiger partial charge is 0.486 e. The molecule has 4 aromatic rings. The lowest BCUT2D eigenvalue weighted by Gasteiger charge is -2.28. The van der Waals surface area contributed by atoms with Crippen LogP contribution >= 0.6 is 0 Å². The Kier molecular flexibility index (Phi) is 8.57. The van der Waals surface area contributed by atoms with Crippen molar-refractivity contribution in [1.29, 1.82) is 0 Å². The number of hydrogen-bond acceptors (Lipinski definition) is 7. The van der Waals surface area contributed by atoms with E-state index < -0.39 is 24.0 Å². The number of alkyl halides is 2. The molecule has 0 saturated carbocycles. The van der Waals surface area contributed by atoms with Crippen LogP contribution in [0.5, 0.6) is 17.2 Å². The van der Waals surface area contributed by atoms with E-state index in [2.05, 4.69) is 15.7 Å². The molecule has 1 saturated heterocycles. The Morgan fingerprint density at radius 1 is 1.07 bits per heavy atom. The molecule has 6 rings (SSSR count). The van der Waals surface area contributed by atoms with Crippen molar-refractivity contribution in [3.05, 3.63) is 78.0 Å². The molecule has 2 amide bonds. The number of carbonyl (C=O) groups is 2. The minimum atomic E-state index is -3.55. The van der Waals surface area contributed by atoms with Crippen molar-refractivity contribution in [2.75, 3.05) is 33.0 Å². The molecule has 10 nitrogen and oxygen atoms in total. The van der Waals surface area contributed by atoms with Crippen LogP contribution in [0.3, 0.4) is 0 Å². The van der Waals surface area contributed by atoms with Crippen LogP contribution in [0.2, 0.25) is 0 Å². The van der Waals surface area contributed by atoms with Crippen molar-refractivity contribution in [3.8, 4) is 22.9 Å². The molecule has 0 aliphatic carbocycles. The number of ether oxygens (including phenoxy) is 4. The molecule has 45 heavy (non-hydrogen) atoms. The normalized spacial score (nSPS) is 17.5. The zero-order valence-corrected chi connectivity index (χ0v) is 24.9. The molecule has 1 unspecified atom stereocenters. The molecule has 1 aromatic heterocycles. The van der Waals surface area contributed by atoms with Gasteiger partial charge in [-0.05, 0) is 67.4 Å². The number of nitrogens with one attached hydrogen (secondary N) is 2. The third-order valence-corrected chi connectivity index (χ3v) is 7.84. The minimum Gasteiger partial charge on any atom is -0.486 e. The fraction of sp³-hybridized carbons (Fsp3) is 0.364. The number of aromatic nitrogens is 2. The maximum absolute atomic E-state index is 13.8. The molecule has 2 aliphatic heterocycles. The van der Waals surface area contributed by atoms with Crippen LogP contribution < -0.4 is 24.8 Å². The number of amides is 2. The van der Waals surface area contributed by atoms with Gasteiger partial charge in [0.25, 0.3) is 11.8 Å². The van der Waals surface area contributed by atoms with E-state index in [0.29, 0.717) is 73.3 Å². The van der Waals surface area contributed by atoms with Crippen LogP contribution in [0.4, 0.5) is 8.78 Å². The average molecular weight is 621 g/mol. The summed E-state index contributed by atoms with van der Waals surface area (Å²) in [4.78, 5) is 25.0. The molecule has 12 heteroatoms. The highest BCUT2D eigenvalue weighted by atomic mass is 19.3. The number of benzene rings is 3. The quantitative estimate of drug-likeness (QED) is 0.261. The Balaban J connectivity index is 1.24. The predicted octanol–water partition coefficient (Wildman–Crippen LogP) is 4.84. The Labute approximate surface area is 258 Å². The molecule has 3 heterocycles. The van der Waals surface area contributed by atoms with Gasteiger partial charge in [0.05, 0.1) is 30.0 Å². The van der Waals surface area contributed by atoms with Crippen molar-refractivity contribution in [2.45, 2.75) is 38.3 Å². The standard InChI is InChI=1S/C33H34F2N4O6/c1-20(38-32(41)33(2,34)35)30(22-6-9-28-29(16-22)44-13-12-43-28)45-26-7-8-27-24(15-26)18-37-39(27)25-5-3-4-23(14-25)31(40)36-17-21-10-11-42-19-21/h3-9,14-16,18,20-21,30H,10-13,17,19H2,1-2H3,(H,36,40)(H,38,41)/t20-,21?,30-/m0/s1.